The van der Waals surface area contributed by atoms with E-state index in [1.807, 2.05) is 18.2 Å². The van der Waals surface area contributed by atoms with Crippen LogP contribution in [0, 0.1) is 0 Å². The summed E-state index contributed by atoms with van der Waals surface area (Å²) in [5.74, 6) is 1.06. The molecule has 17 heavy (non-hydrogen) atoms. The number of methoxy groups -OCH3 is 2. The average molecular weight is 236 g/mol. The maximum absolute atomic E-state index is 10.5. The second-order valence-electron chi connectivity index (χ2n) is 3.37. The summed E-state index contributed by atoms with van der Waals surface area (Å²) in [7, 11) is 3.19. The van der Waals surface area contributed by atoms with Gasteiger partial charge in [0, 0.05) is 6.92 Å². The molecule has 92 valence electrons. The van der Waals surface area contributed by atoms with Crippen molar-refractivity contribution in [3.05, 3.63) is 36.1 Å². The molecule has 0 unspecified atom stereocenters. The molecule has 0 spiro atoms. The van der Waals surface area contributed by atoms with Gasteiger partial charge in [-0.1, -0.05) is 6.07 Å². The molecule has 0 radical (unpaired) electrons. The third kappa shape index (κ3) is 4.18. The molecule has 1 rings (SSSR count). The number of carbonyl (C=O) groups excluding carboxylic acids is 1. The topological polar surface area (TPSA) is 44.8 Å². The van der Waals surface area contributed by atoms with Crippen molar-refractivity contribution < 1.29 is 19.0 Å². The lowest BCUT2D eigenvalue weighted by atomic mass is 10.1. The van der Waals surface area contributed by atoms with Crippen LogP contribution in [-0.4, -0.2) is 20.2 Å². The molecular formula is C13H16O4. The molecule has 0 bridgehead atoms. The largest absolute Gasteiger partial charge is 0.493 e. The number of ether oxygens (including phenoxy) is 3. The van der Waals surface area contributed by atoms with Gasteiger partial charge in [0.1, 0.15) is 0 Å². The van der Waals surface area contributed by atoms with Crippen LogP contribution in [0.5, 0.6) is 11.5 Å². The highest BCUT2D eigenvalue weighted by Gasteiger charge is 2.03. The Morgan fingerprint density at radius 3 is 2.53 bits per heavy atom. The van der Waals surface area contributed by atoms with Gasteiger partial charge < -0.3 is 14.2 Å². The summed E-state index contributed by atoms with van der Waals surface area (Å²) in [6.45, 7) is 1.36. The molecule has 0 aliphatic rings. The number of hydrogen-bond donors (Lipinski definition) is 0. The van der Waals surface area contributed by atoms with E-state index < -0.39 is 0 Å². The van der Waals surface area contributed by atoms with Gasteiger partial charge in [-0.05, 0) is 30.2 Å². The van der Waals surface area contributed by atoms with Crippen LogP contribution < -0.4 is 9.47 Å². The zero-order chi connectivity index (χ0) is 12.7. The summed E-state index contributed by atoms with van der Waals surface area (Å²) >= 11 is 0. The average Bonchev–Trinajstić information content (AvgIpc) is 2.34. The normalized spacial score (nSPS) is 10.3. The Hall–Kier alpha value is -1.97. The highest BCUT2D eigenvalue weighted by atomic mass is 16.5. The molecule has 0 fully saturated rings. The van der Waals surface area contributed by atoms with E-state index in [4.69, 9.17) is 9.47 Å². The first kappa shape index (κ1) is 13.1. The molecule has 0 aliphatic carbocycles. The van der Waals surface area contributed by atoms with Crippen molar-refractivity contribution >= 4 is 5.97 Å². The molecule has 1 aromatic rings. The van der Waals surface area contributed by atoms with Crippen molar-refractivity contribution in [1.82, 2.24) is 0 Å². The molecule has 0 saturated carbocycles. The first-order valence-corrected chi connectivity index (χ1v) is 5.20. The SMILES string of the molecule is COc1ccc(C/C=C\OC(C)=O)cc1OC. The smallest absolute Gasteiger partial charge is 0.307 e. The Morgan fingerprint density at radius 1 is 1.24 bits per heavy atom. The highest BCUT2D eigenvalue weighted by Crippen LogP contribution is 2.27. The lowest BCUT2D eigenvalue weighted by Crippen LogP contribution is -1.93. The van der Waals surface area contributed by atoms with E-state index in [0.29, 0.717) is 17.9 Å². The van der Waals surface area contributed by atoms with Gasteiger partial charge in [0.2, 0.25) is 0 Å². The van der Waals surface area contributed by atoms with Gasteiger partial charge in [0.25, 0.3) is 0 Å². The van der Waals surface area contributed by atoms with Gasteiger partial charge >= 0.3 is 5.97 Å². The minimum Gasteiger partial charge on any atom is -0.493 e. The number of hydrogen-bond acceptors (Lipinski definition) is 4. The molecular weight excluding hydrogens is 220 g/mol. The van der Waals surface area contributed by atoms with Crippen molar-refractivity contribution in [2.45, 2.75) is 13.3 Å². The number of carbonyl (C=O) groups is 1. The third-order valence-electron chi connectivity index (χ3n) is 2.13. The van der Waals surface area contributed by atoms with Gasteiger partial charge in [0.15, 0.2) is 11.5 Å². The minimum atomic E-state index is -0.325. The van der Waals surface area contributed by atoms with E-state index in [2.05, 4.69) is 4.74 Å². The fraction of sp³-hybridized carbons (Fsp3) is 0.308. The van der Waals surface area contributed by atoms with E-state index >= 15 is 0 Å². The maximum Gasteiger partial charge on any atom is 0.307 e. The number of allylic oxidation sites excluding steroid dienone is 1. The number of esters is 1. The number of rotatable bonds is 5. The van der Waals surface area contributed by atoms with Crippen LogP contribution in [0.4, 0.5) is 0 Å². The fourth-order valence-electron chi connectivity index (χ4n) is 1.34. The first-order chi connectivity index (χ1) is 8.17. The minimum absolute atomic E-state index is 0.325. The predicted octanol–water partition coefficient (Wildman–Crippen LogP) is 2.32. The Kier molecular flexibility index (Phi) is 5.07. The first-order valence-electron chi connectivity index (χ1n) is 5.20. The lowest BCUT2D eigenvalue weighted by Gasteiger charge is -2.08. The van der Waals surface area contributed by atoms with Crippen LogP contribution in [0.2, 0.25) is 0 Å². The monoisotopic (exact) mass is 236 g/mol. The van der Waals surface area contributed by atoms with Crippen molar-refractivity contribution in [2.75, 3.05) is 14.2 Å². The molecule has 0 aromatic heterocycles. The number of benzene rings is 1. The van der Waals surface area contributed by atoms with Gasteiger partial charge in [0.05, 0.1) is 20.5 Å². The van der Waals surface area contributed by atoms with E-state index in [9.17, 15) is 4.79 Å². The van der Waals surface area contributed by atoms with Crippen molar-refractivity contribution in [3.8, 4) is 11.5 Å². The zero-order valence-electron chi connectivity index (χ0n) is 10.2. The van der Waals surface area contributed by atoms with E-state index in [0.717, 1.165) is 5.56 Å². The summed E-state index contributed by atoms with van der Waals surface area (Å²) in [5, 5.41) is 0. The lowest BCUT2D eigenvalue weighted by molar-refractivity contribution is -0.135. The zero-order valence-corrected chi connectivity index (χ0v) is 10.2. The molecule has 0 heterocycles. The van der Waals surface area contributed by atoms with Gasteiger partial charge in [-0.15, -0.1) is 0 Å². The van der Waals surface area contributed by atoms with Gasteiger partial charge in [-0.3, -0.25) is 4.79 Å². The van der Waals surface area contributed by atoms with Gasteiger partial charge in [-0.25, -0.2) is 0 Å². The molecule has 0 aliphatic heterocycles. The summed E-state index contributed by atoms with van der Waals surface area (Å²) in [6.07, 6.45) is 3.81. The Balaban J connectivity index is 2.66. The molecule has 4 nitrogen and oxygen atoms in total. The quantitative estimate of drug-likeness (QED) is 0.581. The van der Waals surface area contributed by atoms with E-state index in [1.54, 1.807) is 20.3 Å². The maximum atomic E-state index is 10.5. The van der Waals surface area contributed by atoms with Crippen LogP contribution >= 0.6 is 0 Å². The standard InChI is InChI=1S/C13H16O4/c1-10(14)17-8-4-5-11-6-7-12(15-2)13(9-11)16-3/h4,6-9H,5H2,1-3H3/b8-4-. The summed E-state index contributed by atoms with van der Waals surface area (Å²) in [4.78, 5) is 10.5. The molecule has 1 aromatic carbocycles. The molecule has 0 N–H and O–H groups in total. The molecule has 0 saturated heterocycles. The summed E-state index contributed by atoms with van der Waals surface area (Å²) < 4.78 is 15.0. The summed E-state index contributed by atoms with van der Waals surface area (Å²) in [5.41, 5.74) is 1.05. The Bertz CT molecular complexity index is 410. The second kappa shape index (κ2) is 6.58. The van der Waals surface area contributed by atoms with Crippen LogP contribution in [-0.2, 0) is 16.0 Å². The van der Waals surface area contributed by atoms with Crippen LogP contribution in [0.1, 0.15) is 12.5 Å². The highest BCUT2D eigenvalue weighted by molar-refractivity contribution is 5.66. The van der Waals surface area contributed by atoms with Crippen molar-refractivity contribution in [3.63, 3.8) is 0 Å². The predicted molar refractivity (Wildman–Crippen MR) is 64.2 cm³/mol. The van der Waals surface area contributed by atoms with E-state index in [1.165, 1.54) is 13.2 Å². The van der Waals surface area contributed by atoms with E-state index in [-0.39, 0.29) is 5.97 Å². The Morgan fingerprint density at radius 2 is 1.94 bits per heavy atom. The van der Waals surface area contributed by atoms with Crippen LogP contribution in [0.15, 0.2) is 30.5 Å². The van der Waals surface area contributed by atoms with Crippen molar-refractivity contribution in [2.24, 2.45) is 0 Å². The second-order valence-corrected chi connectivity index (χ2v) is 3.37. The molecule has 0 atom stereocenters. The molecule has 0 amide bonds. The molecule has 4 heteroatoms. The van der Waals surface area contributed by atoms with Crippen molar-refractivity contribution in [1.29, 1.82) is 0 Å². The Labute approximate surface area is 101 Å². The van der Waals surface area contributed by atoms with Gasteiger partial charge in [-0.2, -0.15) is 0 Å². The summed E-state index contributed by atoms with van der Waals surface area (Å²) in [6, 6.07) is 5.66. The third-order valence-corrected chi connectivity index (χ3v) is 2.13. The van der Waals surface area contributed by atoms with Crippen LogP contribution in [0.25, 0.3) is 0 Å². The van der Waals surface area contributed by atoms with Crippen LogP contribution in [0.3, 0.4) is 0 Å². The fourth-order valence-corrected chi connectivity index (χ4v) is 1.34.